The van der Waals surface area contributed by atoms with Crippen LogP contribution in [0.3, 0.4) is 0 Å². The Bertz CT molecular complexity index is 8240. The van der Waals surface area contributed by atoms with Crippen molar-refractivity contribution in [1.82, 2.24) is 4.57 Å². The van der Waals surface area contributed by atoms with Gasteiger partial charge in [0.25, 0.3) is 6.71 Å². The Kier molecular flexibility index (Phi) is 15.8. The zero-order chi connectivity index (χ0) is 117. The highest BCUT2D eigenvalue weighted by Crippen LogP contribution is 2.59. The zero-order valence-corrected chi connectivity index (χ0v) is 84.0. The summed E-state index contributed by atoms with van der Waals surface area (Å²) in [4.78, 5) is 3.70. The first kappa shape index (κ1) is 65.0. The molecular formula is C126H148BN3. The van der Waals surface area contributed by atoms with Crippen LogP contribution < -0.4 is 26.2 Å². The maximum atomic E-state index is 12.1. The molecule has 0 radical (unpaired) electrons. The summed E-state index contributed by atoms with van der Waals surface area (Å²) in [5.41, 5.74) is -6.39. The van der Waals surface area contributed by atoms with Gasteiger partial charge in [0, 0.05) is 61.5 Å². The summed E-state index contributed by atoms with van der Waals surface area (Å²) in [6, 6.07) is 14.4. The number of rotatable bonds is 9. The molecule has 0 spiro atoms. The van der Waals surface area contributed by atoms with Crippen LogP contribution in [0.1, 0.15) is 352 Å². The molecule has 0 bridgehead atoms. The Labute approximate surface area is 820 Å². The van der Waals surface area contributed by atoms with Crippen molar-refractivity contribution in [1.29, 1.82) is 0 Å². The first-order valence-corrected chi connectivity index (χ1v) is 46.2. The number of hydrogen-bond acceptors (Lipinski definition) is 2. The van der Waals surface area contributed by atoms with E-state index in [1.54, 1.807) is 85.4 Å². The molecule has 0 unspecified atom stereocenters. The van der Waals surface area contributed by atoms with Gasteiger partial charge in [0.15, 0.2) is 0 Å². The minimum absolute atomic E-state index is 0.00348. The molecule has 0 saturated carbocycles. The van der Waals surface area contributed by atoms with Gasteiger partial charge in [0.05, 0.1) is 58.0 Å². The number of hydrogen-bond donors (Lipinski definition) is 0. The second-order valence-corrected chi connectivity index (χ2v) is 48.9. The first-order chi connectivity index (χ1) is 70.9. The number of aromatic nitrogens is 1. The van der Waals surface area contributed by atoms with E-state index >= 15 is 0 Å². The van der Waals surface area contributed by atoms with Gasteiger partial charge < -0.3 is 14.4 Å². The van der Waals surface area contributed by atoms with Gasteiger partial charge >= 0.3 is 0 Å². The molecule has 3 nitrogen and oxygen atoms in total. The van der Waals surface area contributed by atoms with Gasteiger partial charge in [-0.3, -0.25) is 0 Å². The second-order valence-electron chi connectivity index (χ2n) is 48.9. The largest absolute Gasteiger partial charge is 0.310 e. The predicted octanol–water partition coefficient (Wildman–Crippen LogP) is 34.4. The Morgan fingerprint density at radius 2 is 0.569 bits per heavy atom. The fourth-order valence-corrected chi connectivity index (χ4v) is 17.9. The van der Waals surface area contributed by atoms with Crippen molar-refractivity contribution in [3.8, 4) is 72.4 Å². The molecule has 3 heterocycles. The average molecular weight is 1740 g/mol. The van der Waals surface area contributed by atoms with Crippen LogP contribution in [0.4, 0.5) is 34.1 Å². The van der Waals surface area contributed by atoms with Crippen molar-refractivity contribution in [3.05, 3.63) is 309 Å². The molecule has 13 aromatic carbocycles. The highest BCUT2D eigenvalue weighted by molar-refractivity contribution is 7.00. The summed E-state index contributed by atoms with van der Waals surface area (Å²) >= 11 is 0. The van der Waals surface area contributed by atoms with Crippen LogP contribution >= 0.6 is 0 Å². The number of para-hydroxylation sites is 2. The standard InChI is InChI=1S/C126H148BN3/c1-115(2,3)83-53-48-77(49-54-83)96-71-90(122(22,23)24)73-98(93-59-57-85(117(7,8)9)75-102(93)126(34,35)36)113(96)130-108-76-92(128-105-46-39-37-42-94(105)95-43-38-40-47-106(95)128)58-61-104(108)127-103-60-52-79(80-62-86(118(10,11)12)69-87(63-80)119(13,14)15)66-107(103)129(109-67-82(68-110(130)112(109)127)81-64-88(120(16,17)18)70-89(65-81)121(19,20)21)114-97(78-50-55-84(56-51-78)116(4,5)6)72-91(123(25,26)27)74-99(114)111-100(124(28,29)30)44-41-45-101(111)125(31,32)33/h37-76H,1-36H3/i37D,38D,39D,40D,41D,42D,43D,44D,45D,46D,47D,48D,49D,50D,51D,53D,54D,55D,56D,57D,59D,71D,72D,73D,74D,75D. The van der Waals surface area contributed by atoms with E-state index in [1.807, 2.05) is 139 Å². The first-order valence-electron chi connectivity index (χ1n) is 59.2. The number of nitrogens with zero attached hydrogens (tertiary/aromatic N) is 3. The predicted molar refractivity (Wildman–Crippen MR) is 572 cm³/mol. The third-order valence-electron chi connectivity index (χ3n) is 25.7. The van der Waals surface area contributed by atoms with Crippen LogP contribution in [-0.4, -0.2) is 11.3 Å². The molecule has 130 heavy (non-hydrogen) atoms. The van der Waals surface area contributed by atoms with Crippen LogP contribution in [-0.2, 0) is 65.0 Å². The molecule has 0 fully saturated rings. The highest BCUT2D eigenvalue weighted by Gasteiger charge is 2.48. The SMILES string of the molecule is [2H]c1c([2H])c(C(C)(C)C)c(-c2c([2H])c(C(C)(C)C)c([2H])c(-c3c([2H])c([2H])c(C(C)(C)C)c([2H])c3[2H])c2N2c3cc(-c4cc(C(C)(C)C)cc(C(C)(C)C)c4)ccc3B3c4ccc(-n5c6c([2H])c([2H])c([2H])c([2H])c6c6c([2H])c([2H])c([2H])c([2H])c65)cc4N(c4c(-c5c([2H])c([2H])c(C(C)(C)C)c([2H])c5[2H])c([2H])c(C(C)(C)C)c([2H])c4-c4c([2H])c([2H])c(C(C)(C)C)c([2H])c4C(C)(C)C)c4cc(-c5cc(C(C)(C)C)cc(C(C)(C)C)c5)cc2c43)c(C(C)(C)C)c1[2H]. The van der Waals surface area contributed by atoms with Crippen LogP contribution in [0, 0.1) is 0 Å². The number of anilines is 6. The number of fused-ring (bicyclic) bond motifs is 7. The van der Waals surface area contributed by atoms with Crippen LogP contribution in [0.2, 0.25) is 0 Å². The molecule has 1 aromatic heterocycles. The lowest BCUT2D eigenvalue weighted by atomic mass is 9.33. The van der Waals surface area contributed by atoms with Crippen molar-refractivity contribution in [3.63, 3.8) is 0 Å². The van der Waals surface area contributed by atoms with E-state index in [4.69, 9.17) is 0 Å². The highest BCUT2D eigenvalue weighted by atomic mass is 15.2. The van der Waals surface area contributed by atoms with Gasteiger partial charge in [-0.2, -0.15) is 0 Å². The number of benzene rings is 13. The van der Waals surface area contributed by atoms with Gasteiger partial charge in [-0.15, -0.1) is 0 Å². The van der Waals surface area contributed by atoms with E-state index in [2.05, 4.69) is 119 Å². The molecule has 0 saturated heterocycles. The maximum absolute atomic E-state index is 12.1. The van der Waals surface area contributed by atoms with Crippen molar-refractivity contribution >= 4 is 79.0 Å². The minimum Gasteiger partial charge on any atom is -0.310 e. The monoisotopic (exact) mass is 1740 g/mol. The topological polar surface area (TPSA) is 11.4 Å². The van der Waals surface area contributed by atoms with E-state index in [9.17, 15) is 35.6 Å². The lowest BCUT2D eigenvalue weighted by Gasteiger charge is -2.46. The smallest absolute Gasteiger partial charge is 0.252 e. The molecule has 14 aromatic rings. The van der Waals surface area contributed by atoms with Crippen LogP contribution in [0.15, 0.2) is 242 Å². The average Bonchev–Trinajstić information content (AvgIpc) is 0.839. The van der Waals surface area contributed by atoms with Gasteiger partial charge in [0.2, 0.25) is 0 Å². The van der Waals surface area contributed by atoms with E-state index in [0.29, 0.717) is 27.6 Å². The van der Waals surface area contributed by atoms with Crippen LogP contribution in [0.25, 0.3) is 94.3 Å². The second kappa shape index (κ2) is 31.5. The summed E-state index contributed by atoms with van der Waals surface area (Å²) in [6.07, 6.45) is 0. The molecular weight excluding hydrogens is 1570 g/mol. The normalized spacial score (nSPS) is 16.8. The van der Waals surface area contributed by atoms with Crippen molar-refractivity contribution in [2.24, 2.45) is 0 Å². The lowest BCUT2D eigenvalue weighted by molar-refractivity contribution is 0.568. The van der Waals surface area contributed by atoms with Crippen LogP contribution in [0.5, 0.6) is 0 Å². The fourth-order valence-electron chi connectivity index (χ4n) is 17.9. The lowest BCUT2D eigenvalue weighted by Crippen LogP contribution is -2.61. The zero-order valence-electron chi connectivity index (χ0n) is 110. The Morgan fingerprint density at radius 1 is 0.231 bits per heavy atom. The molecule has 0 aliphatic carbocycles. The van der Waals surface area contributed by atoms with Gasteiger partial charge in [-0.25, -0.2) is 0 Å². The third kappa shape index (κ3) is 17.1. The summed E-state index contributed by atoms with van der Waals surface area (Å²) in [6.45, 7) is 68.3. The quantitative estimate of drug-likeness (QED) is 0.133. The molecule has 16 rings (SSSR count). The molecule has 0 N–H and O–H groups in total. The van der Waals surface area contributed by atoms with E-state index in [-0.39, 0.29) is 175 Å². The van der Waals surface area contributed by atoms with Gasteiger partial charge in [0.1, 0.15) is 0 Å². The van der Waals surface area contributed by atoms with E-state index in [0.717, 1.165) is 27.8 Å². The molecule has 4 heteroatoms. The molecule has 670 valence electrons. The van der Waals surface area contributed by atoms with Crippen molar-refractivity contribution in [2.75, 3.05) is 9.80 Å². The summed E-state index contributed by atoms with van der Waals surface area (Å²) in [5, 5.41) is -0.534. The van der Waals surface area contributed by atoms with Crippen molar-refractivity contribution < 1.29 is 35.6 Å². The Morgan fingerprint density at radius 3 is 0.969 bits per heavy atom. The molecule has 0 amide bonds. The molecule has 0 atom stereocenters. The molecule has 2 aliphatic heterocycles. The summed E-state index contributed by atoms with van der Waals surface area (Å²) in [7, 11) is 0. The van der Waals surface area contributed by atoms with E-state index < -0.39 is 210 Å². The molecule has 2 aliphatic rings. The van der Waals surface area contributed by atoms with Gasteiger partial charge in [-0.05, 0) is 259 Å². The van der Waals surface area contributed by atoms with Gasteiger partial charge in [-0.1, -0.05) is 425 Å². The van der Waals surface area contributed by atoms with Crippen molar-refractivity contribution in [2.45, 2.75) is 314 Å². The minimum atomic E-state index is -1.36. The third-order valence-corrected chi connectivity index (χ3v) is 25.7. The summed E-state index contributed by atoms with van der Waals surface area (Å²) < 4.78 is 280. The van der Waals surface area contributed by atoms with E-state index in [1.165, 1.54) is 4.57 Å². The Hall–Kier alpha value is -10.7. The Balaban J connectivity index is 1.35. The maximum Gasteiger partial charge on any atom is 0.252 e. The fraction of sp³-hybridized carbons (Fsp3) is 0.381. The summed E-state index contributed by atoms with van der Waals surface area (Å²) in [5.74, 6) is 0.